The normalized spacial score (nSPS) is 11.6. The summed E-state index contributed by atoms with van der Waals surface area (Å²) >= 11 is 0. The van der Waals surface area contributed by atoms with Gasteiger partial charge < -0.3 is 5.32 Å². The third kappa shape index (κ3) is 3.14. The number of rotatable bonds is 4. The number of nitrogens with zero attached hydrogens (tertiary/aromatic N) is 2. The number of fused-ring (bicyclic) bond motifs is 1. The van der Waals surface area contributed by atoms with Gasteiger partial charge >= 0.3 is 6.18 Å². The quantitative estimate of drug-likeness (QED) is 0.555. The summed E-state index contributed by atoms with van der Waals surface area (Å²) in [5.41, 5.74) is 0.206. The summed E-state index contributed by atoms with van der Waals surface area (Å²) in [6, 6.07) is 7.88. The van der Waals surface area contributed by atoms with Gasteiger partial charge in [-0.25, -0.2) is 0 Å². The highest BCUT2D eigenvalue weighted by Crippen LogP contribution is 2.34. The second kappa shape index (κ2) is 5.84. The third-order valence-electron chi connectivity index (χ3n) is 3.49. The van der Waals surface area contributed by atoms with Gasteiger partial charge in [0, 0.05) is 29.8 Å². The topological polar surface area (TPSA) is 83.9 Å². The Labute approximate surface area is 133 Å². The molecule has 2 N–H and O–H groups in total. The number of nitro benzene ring substituents is 1. The van der Waals surface area contributed by atoms with Crippen molar-refractivity contribution in [3.63, 3.8) is 0 Å². The zero-order valence-corrected chi connectivity index (χ0v) is 12.1. The highest BCUT2D eigenvalue weighted by molar-refractivity contribution is 5.91. The molecule has 24 heavy (non-hydrogen) atoms. The van der Waals surface area contributed by atoms with Gasteiger partial charge in [-0.15, -0.1) is 0 Å². The number of H-pyrrole nitrogens is 1. The van der Waals surface area contributed by atoms with Crippen LogP contribution in [0.15, 0.2) is 42.6 Å². The standard InChI is InChI=1S/C15H11F3N4O2/c16-15(17,18)10-5-13(12-8-20-21-14(12)6-10)19-7-9-2-1-3-11(4-9)22(23)24/h1-6,8,19H,7H2,(H,20,21). The number of benzene rings is 2. The van der Waals surface area contributed by atoms with E-state index in [1.54, 1.807) is 6.07 Å². The molecule has 3 rings (SSSR count). The van der Waals surface area contributed by atoms with Crippen molar-refractivity contribution in [2.75, 3.05) is 5.32 Å². The predicted molar refractivity (Wildman–Crippen MR) is 81.5 cm³/mol. The number of hydrogen-bond acceptors (Lipinski definition) is 4. The Hall–Kier alpha value is -3.10. The number of nitro groups is 1. The van der Waals surface area contributed by atoms with Gasteiger partial charge in [-0.1, -0.05) is 12.1 Å². The van der Waals surface area contributed by atoms with Gasteiger partial charge in [0.2, 0.25) is 0 Å². The van der Waals surface area contributed by atoms with Crippen molar-refractivity contribution in [2.45, 2.75) is 12.7 Å². The second-order valence-corrected chi connectivity index (χ2v) is 5.13. The molecule has 0 bridgehead atoms. The third-order valence-corrected chi connectivity index (χ3v) is 3.49. The average molecular weight is 336 g/mol. The largest absolute Gasteiger partial charge is 0.416 e. The molecule has 0 saturated heterocycles. The Morgan fingerprint density at radius 3 is 2.75 bits per heavy atom. The van der Waals surface area contributed by atoms with Crippen LogP contribution in [0.4, 0.5) is 24.5 Å². The molecule has 2 aromatic carbocycles. The molecule has 0 fully saturated rings. The molecule has 6 nitrogen and oxygen atoms in total. The van der Waals surface area contributed by atoms with Crippen molar-refractivity contribution in [3.8, 4) is 0 Å². The number of halogens is 3. The van der Waals surface area contributed by atoms with E-state index < -0.39 is 16.7 Å². The van der Waals surface area contributed by atoms with Crippen LogP contribution in [-0.2, 0) is 12.7 Å². The molecular formula is C15H11F3N4O2. The van der Waals surface area contributed by atoms with Gasteiger partial charge in [0.15, 0.2) is 0 Å². The molecule has 124 valence electrons. The molecule has 0 aliphatic carbocycles. The van der Waals surface area contributed by atoms with Crippen LogP contribution in [0.2, 0.25) is 0 Å². The second-order valence-electron chi connectivity index (χ2n) is 5.13. The molecule has 0 unspecified atom stereocenters. The van der Waals surface area contributed by atoms with Crippen LogP contribution in [-0.4, -0.2) is 15.1 Å². The smallest absolute Gasteiger partial charge is 0.380 e. The molecule has 0 aliphatic heterocycles. The van der Waals surface area contributed by atoms with Crippen molar-refractivity contribution in [2.24, 2.45) is 0 Å². The summed E-state index contributed by atoms with van der Waals surface area (Å²) in [4.78, 5) is 10.2. The molecule has 0 aliphatic rings. The summed E-state index contributed by atoms with van der Waals surface area (Å²) in [5, 5.41) is 20.4. The monoisotopic (exact) mass is 336 g/mol. The van der Waals surface area contributed by atoms with E-state index in [1.165, 1.54) is 24.4 Å². The summed E-state index contributed by atoms with van der Waals surface area (Å²) in [5.74, 6) is 0. The molecule has 0 saturated carbocycles. The number of alkyl halides is 3. The Balaban J connectivity index is 1.91. The number of aromatic amines is 1. The zero-order chi connectivity index (χ0) is 17.3. The number of non-ortho nitro benzene ring substituents is 1. The molecule has 0 spiro atoms. The fourth-order valence-corrected chi connectivity index (χ4v) is 2.34. The van der Waals surface area contributed by atoms with E-state index in [0.717, 1.165) is 12.1 Å². The van der Waals surface area contributed by atoms with Crippen molar-refractivity contribution in [3.05, 3.63) is 63.8 Å². The first-order chi connectivity index (χ1) is 11.3. The van der Waals surface area contributed by atoms with E-state index in [9.17, 15) is 23.3 Å². The van der Waals surface area contributed by atoms with Crippen LogP contribution >= 0.6 is 0 Å². The number of nitrogens with one attached hydrogen (secondary N) is 2. The highest BCUT2D eigenvalue weighted by atomic mass is 19.4. The molecule has 1 aromatic heterocycles. The van der Waals surface area contributed by atoms with Crippen LogP contribution in [0.3, 0.4) is 0 Å². The SMILES string of the molecule is O=[N+]([O-])c1cccc(CNc2cc(C(F)(F)F)cc3[nH]ncc23)c1. The molecule has 0 radical (unpaired) electrons. The van der Waals surface area contributed by atoms with Gasteiger partial charge in [-0.05, 0) is 17.7 Å². The summed E-state index contributed by atoms with van der Waals surface area (Å²) in [6.07, 6.45) is -3.06. The predicted octanol–water partition coefficient (Wildman–Crippen LogP) is 4.10. The van der Waals surface area contributed by atoms with E-state index in [4.69, 9.17) is 0 Å². The van der Waals surface area contributed by atoms with E-state index in [0.29, 0.717) is 10.9 Å². The molecular weight excluding hydrogens is 325 g/mol. The minimum atomic E-state index is -4.48. The first kappa shape index (κ1) is 15.8. The lowest BCUT2D eigenvalue weighted by Gasteiger charge is -2.12. The van der Waals surface area contributed by atoms with Crippen molar-refractivity contribution in [1.82, 2.24) is 10.2 Å². The fourth-order valence-electron chi connectivity index (χ4n) is 2.34. The molecule has 3 aromatic rings. The average Bonchev–Trinajstić information content (AvgIpc) is 3.00. The van der Waals surface area contributed by atoms with Gasteiger partial charge in [0.25, 0.3) is 5.69 Å². The Morgan fingerprint density at radius 1 is 1.25 bits per heavy atom. The molecule has 9 heteroatoms. The van der Waals surface area contributed by atoms with Gasteiger partial charge in [-0.2, -0.15) is 18.3 Å². The van der Waals surface area contributed by atoms with Crippen molar-refractivity contribution in [1.29, 1.82) is 0 Å². The van der Waals surface area contributed by atoms with Gasteiger partial charge in [0.1, 0.15) is 0 Å². The number of anilines is 1. The first-order valence-corrected chi connectivity index (χ1v) is 6.86. The van der Waals surface area contributed by atoms with Gasteiger partial charge in [-0.3, -0.25) is 15.2 Å². The van der Waals surface area contributed by atoms with Gasteiger partial charge in [0.05, 0.1) is 22.2 Å². The molecule has 1 heterocycles. The number of aromatic nitrogens is 2. The molecule has 0 atom stereocenters. The Morgan fingerprint density at radius 2 is 2.04 bits per heavy atom. The maximum absolute atomic E-state index is 13.0. The lowest BCUT2D eigenvalue weighted by atomic mass is 10.1. The van der Waals surface area contributed by atoms with Crippen molar-refractivity contribution >= 4 is 22.3 Å². The maximum Gasteiger partial charge on any atom is 0.416 e. The van der Waals surface area contributed by atoms with E-state index in [1.807, 2.05) is 0 Å². The van der Waals surface area contributed by atoms with E-state index >= 15 is 0 Å². The van der Waals surface area contributed by atoms with Crippen molar-refractivity contribution < 1.29 is 18.1 Å². The van der Waals surface area contributed by atoms with E-state index in [2.05, 4.69) is 15.5 Å². The summed E-state index contributed by atoms with van der Waals surface area (Å²) < 4.78 is 38.9. The van der Waals surface area contributed by atoms with Crippen LogP contribution in [0.5, 0.6) is 0 Å². The minimum Gasteiger partial charge on any atom is -0.380 e. The summed E-state index contributed by atoms with van der Waals surface area (Å²) in [6.45, 7) is 0.142. The lowest BCUT2D eigenvalue weighted by molar-refractivity contribution is -0.384. The number of hydrogen-bond donors (Lipinski definition) is 2. The van der Waals surface area contributed by atoms with Crippen LogP contribution in [0, 0.1) is 10.1 Å². The fraction of sp³-hybridized carbons (Fsp3) is 0.133. The van der Waals surface area contributed by atoms with Crippen LogP contribution < -0.4 is 5.32 Å². The first-order valence-electron chi connectivity index (χ1n) is 6.86. The Bertz CT molecular complexity index is 905. The zero-order valence-electron chi connectivity index (χ0n) is 12.1. The Kier molecular flexibility index (Phi) is 3.84. The maximum atomic E-state index is 13.0. The van der Waals surface area contributed by atoms with Crippen LogP contribution in [0.1, 0.15) is 11.1 Å². The molecule has 0 amide bonds. The van der Waals surface area contributed by atoms with Crippen LogP contribution in [0.25, 0.3) is 10.9 Å². The van der Waals surface area contributed by atoms with E-state index in [-0.39, 0.29) is 23.4 Å². The minimum absolute atomic E-state index is 0.0770. The highest BCUT2D eigenvalue weighted by Gasteiger charge is 2.31. The lowest BCUT2D eigenvalue weighted by Crippen LogP contribution is -2.07. The summed E-state index contributed by atoms with van der Waals surface area (Å²) in [7, 11) is 0.